The molecule has 0 atom stereocenters. The third-order valence-electron chi connectivity index (χ3n) is 4.41. The van der Waals surface area contributed by atoms with Gasteiger partial charge in [-0.3, -0.25) is 0 Å². The van der Waals surface area contributed by atoms with Gasteiger partial charge in [-0.25, -0.2) is 36.6 Å². The van der Waals surface area contributed by atoms with E-state index in [-0.39, 0.29) is 31.1 Å². The lowest BCUT2D eigenvalue weighted by Crippen LogP contribution is -2.09. The molecule has 0 bridgehead atoms. The zero-order valence-corrected chi connectivity index (χ0v) is 19.7. The fourth-order valence-electron chi connectivity index (χ4n) is 2.76. The second-order valence-corrected chi connectivity index (χ2v) is 10.3. The van der Waals surface area contributed by atoms with E-state index in [4.69, 9.17) is 27.6 Å². The number of halogens is 6. The molecule has 0 aliphatic carbocycles. The molecule has 0 spiro atoms. The van der Waals surface area contributed by atoms with Gasteiger partial charge in [-0.2, -0.15) is 18.3 Å². The van der Waals surface area contributed by atoms with E-state index in [9.17, 15) is 35.2 Å². The van der Waals surface area contributed by atoms with E-state index in [0.29, 0.717) is 4.52 Å². The lowest BCUT2D eigenvalue weighted by molar-refractivity contribution is -0.137. The number of hydrogen-bond acceptors (Lipinski definition) is 6. The first-order valence-corrected chi connectivity index (χ1v) is 11.9. The lowest BCUT2D eigenvalue weighted by atomic mass is 10.1. The Balaban J connectivity index is 0.000000275. The Bertz CT molecular complexity index is 1520. The number of nitrogens with one attached hydrogen (secondary N) is 1. The van der Waals surface area contributed by atoms with Crippen LogP contribution in [0.5, 0.6) is 0 Å². The summed E-state index contributed by atoms with van der Waals surface area (Å²) in [6.45, 7) is 0. The van der Waals surface area contributed by atoms with Gasteiger partial charge in [-0.1, -0.05) is 23.7 Å². The number of carbonyl (C=O) groups is 1. The van der Waals surface area contributed by atoms with Crippen LogP contribution in [-0.4, -0.2) is 34.1 Å². The smallest absolute Gasteiger partial charge is 0.416 e. The number of aromatic nitrogens is 3. The summed E-state index contributed by atoms with van der Waals surface area (Å²) >= 11 is 6.23. The molecule has 0 fully saturated rings. The minimum atomic E-state index is -4.54. The van der Waals surface area contributed by atoms with Crippen LogP contribution in [-0.2, 0) is 16.2 Å². The summed E-state index contributed by atoms with van der Waals surface area (Å²) in [7, 11) is -3.69. The quantitative estimate of drug-likeness (QED) is 0.298. The molecule has 4 aromatic rings. The maximum Gasteiger partial charge on any atom is 0.416 e. The summed E-state index contributed by atoms with van der Waals surface area (Å²) in [5.74, 6) is -1.41. The molecule has 0 aliphatic rings. The number of nitrogens with two attached hydrogens (primary N) is 1. The predicted octanol–water partition coefficient (Wildman–Crippen LogP) is 5.78. The molecular formula is C19H12ClF5N5O4S2-. The molecule has 1 aromatic carbocycles. The normalized spacial score (nSPS) is 12.0. The third kappa shape index (κ3) is 5.89. The third-order valence-corrected chi connectivity index (χ3v) is 7.18. The molecule has 36 heavy (non-hydrogen) atoms. The fourth-order valence-corrected chi connectivity index (χ4v) is 4.72. The average Bonchev–Trinajstić information content (AvgIpc) is 3.36. The van der Waals surface area contributed by atoms with E-state index in [2.05, 4.69) is 10.1 Å². The Kier molecular flexibility index (Phi) is 7.54. The maximum atomic E-state index is 13.2. The first-order chi connectivity index (χ1) is 16.6. The second kappa shape index (κ2) is 9.96. The molecule has 192 valence electrons. The van der Waals surface area contributed by atoms with Crippen LogP contribution in [0, 0.1) is 0 Å². The number of thiophene rings is 1. The number of carboxylic acid groups (broad SMARTS) is 1. The topological polar surface area (TPSA) is 151 Å². The molecule has 0 aliphatic heterocycles. The summed E-state index contributed by atoms with van der Waals surface area (Å²) in [6, 6.07) is 5.82. The number of hydrogen-bond donors (Lipinski definition) is 2. The molecule has 0 saturated carbocycles. The van der Waals surface area contributed by atoms with Crippen molar-refractivity contribution >= 4 is 50.3 Å². The number of fused-ring (bicyclic) bond motifs is 1. The Morgan fingerprint density at radius 1 is 1.19 bits per heavy atom. The number of primary sulfonamides is 1. The van der Waals surface area contributed by atoms with Gasteiger partial charge in [0.05, 0.1) is 21.8 Å². The van der Waals surface area contributed by atoms with Crippen molar-refractivity contribution < 1.29 is 40.3 Å². The van der Waals surface area contributed by atoms with Gasteiger partial charge in [0.15, 0.2) is 5.65 Å². The van der Waals surface area contributed by atoms with Crippen LogP contribution in [0.4, 0.5) is 27.6 Å². The van der Waals surface area contributed by atoms with Gasteiger partial charge in [0, 0.05) is 5.56 Å². The second-order valence-electron chi connectivity index (χ2n) is 6.84. The number of benzene rings is 1. The zero-order chi connectivity index (χ0) is 27.0. The highest BCUT2D eigenvalue weighted by Gasteiger charge is 2.30. The summed E-state index contributed by atoms with van der Waals surface area (Å²) in [4.78, 5) is 15.1. The lowest BCUT2D eigenvalue weighted by Gasteiger charge is -2.10. The Hall–Kier alpha value is -3.34. The molecule has 0 unspecified atom stereocenters. The van der Waals surface area contributed by atoms with E-state index in [0.717, 1.165) is 53.9 Å². The van der Waals surface area contributed by atoms with Crippen LogP contribution in [0.15, 0.2) is 46.8 Å². The molecule has 0 saturated heterocycles. The van der Waals surface area contributed by atoms with E-state index in [1.807, 2.05) is 0 Å². The molecular weight excluding hydrogens is 557 g/mol. The van der Waals surface area contributed by atoms with Gasteiger partial charge in [0.2, 0.25) is 10.0 Å². The number of aromatic carboxylic acids is 1. The van der Waals surface area contributed by atoms with Gasteiger partial charge in [0.25, 0.3) is 6.43 Å². The first-order valence-electron chi connectivity index (χ1n) is 9.21. The van der Waals surface area contributed by atoms with Crippen LogP contribution in [0.3, 0.4) is 0 Å². The van der Waals surface area contributed by atoms with Gasteiger partial charge in [-0.05, 0) is 24.3 Å². The van der Waals surface area contributed by atoms with E-state index < -0.39 is 45.4 Å². The number of sulfonamides is 1. The number of rotatable bonds is 4. The van der Waals surface area contributed by atoms with Gasteiger partial charge in [-0.15, -0.1) is 17.0 Å². The van der Waals surface area contributed by atoms with Gasteiger partial charge >= 0.3 is 12.1 Å². The van der Waals surface area contributed by atoms with E-state index in [1.165, 1.54) is 0 Å². The molecule has 3 aromatic heterocycles. The molecule has 17 heteroatoms. The molecule has 9 nitrogen and oxygen atoms in total. The van der Waals surface area contributed by atoms with Crippen LogP contribution in [0.2, 0.25) is 4.34 Å². The summed E-state index contributed by atoms with van der Waals surface area (Å²) in [6.07, 6.45) is -6.64. The monoisotopic (exact) mass is 568 g/mol. The molecule has 4 N–H and O–H groups in total. The van der Waals surface area contributed by atoms with Crippen molar-refractivity contribution in [1.82, 2.24) is 14.6 Å². The SMILES string of the molecule is O=C(O)c1cnn2c(C(F)F)cc(-c3ccc(C(F)(F)F)cc3)nc12.[NH-]c1cc(S(N)(=O)=O)sc1Cl. The summed E-state index contributed by atoms with van der Waals surface area (Å²) < 4.78 is 86.3. The van der Waals surface area contributed by atoms with Gasteiger partial charge < -0.3 is 10.8 Å². The van der Waals surface area contributed by atoms with Crippen molar-refractivity contribution in [3.63, 3.8) is 0 Å². The maximum absolute atomic E-state index is 13.2. The highest BCUT2D eigenvalue weighted by molar-refractivity contribution is 7.91. The first kappa shape index (κ1) is 27.3. The van der Waals surface area contributed by atoms with Crippen LogP contribution in [0.1, 0.15) is 28.0 Å². The minimum Gasteiger partial charge on any atom is -0.697 e. The highest BCUT2D eigenvalue weighted by atomic mass is 35.5. The number of carboxylic acids is 1. The van der Waals surface area contributed by atoms with Crippen molar-refractivity contribution in [3.8, 4) is 11.3 Å². The van der Waals surface area contributed by atoms with Crippen LogP contribution in [0.25, 0.3) is 22.6 Å². The average molecular weight is 569 g/mol. The van der Waals surface area contributed by atoms with Crippen molar-refractivity contribution in [2.24, 2.45) is 5.14 Å². The van der Waals surface area contributed by atoms with Crippen LogP contribution < -0.4 is 5.14 Å². The number of nitrogens with zero attached hydrogens (tertiary/aromatic N) is 3. The predicted molar refractivity (Wildman–Crippen MR) is 120 cm³/mol. The highest BCUT2D eigenvalue weighted by Crippen LogP contribution is 2.35. The van der Waals surface area contributed by atoms with Crippen molar-refractivity contribution in [1.29, 1.82) is 0 Å². The van der Waals surface area contributed by atoms with Crippen molar-refractivity contribution in [2.45, 2.75) is 16.8 Å². The molecule has 0 radical (unpaired) electrons. The fraction of sp³-hybridized carbons (Fsp3) is 0.105. The van der Waals surface area contributed by atoms with Crippen molar-refractivity contribution in [2.75, 3.05) is 0 Å². The standard InChI is InChI=1S/C15H8F5N3O2.C4H4ClN2O2S2/c16-12(17)11-5-10(7-1-3-8(4-2-7)15(18,19)20)22-13-9(14(24)25)6-21-23(11)13;5-4-2(6)1-3(10-4)11(7,8)9/h1-6,12H,(H,24,25);1,6H,(H2,7,8,9)/q;-1. The summed E-state index contributed by atoms with van der Waals surface area (Å²) in [5.41, 5.74) is 4.88. The Morgan fingerprint density at radius 3 is 2.22 bits per heavy atom. The zero-order valence-electron chi connectivity index (χ0n) is 17.3. The molecule has 4 rings (SSSR count). The van der Waals surface area contributed by atoms with Gasteiger partial charge in [0.1, 0.15) is 15.5 Å². The summed E-state index contributed by atoms with van der Waals surface area (Å²) in [5, 5.41) is 17.4. The van der Waals surface area contributed by atoms with E-state index in [1.54, 1.807) is 0 Å². The largest absolute Gasteiger partial charge is 0.697 e. The molecule has 0 amide bonds. The molecule has 3 heterocycles. The Morgan fingerprint density at radius 2 is 1.81 bits per heavy atom. The number of alkyl halides is 5. The van der Waals surface area contributed by atoms with E-state index >= 15 is 0 Å². The minimum absolute atomic E-state index is 0.0132. The van der Waals surface area contributed by atoms with Crippen molar-refractivity contribution in [3.05, 3.63) is 69.5 Å². The van der Waals surface area contributed by atoms with Crippen LogP contribution >= 0.6 is 22.9 Å². The Labute approximate surface area is 207 Å².